The molecule has 1 aliphatic carbocycles. The van der Waals surface area contributed by atoms with E-state index in [4.69, 9.17) is 5.11 Å². The number of carboxylic acids is 1. The molecule has 1 aromatic heterocycles. The number of carbonyl (C=O) groups excluding carboxylic acids is 1. The van der Waals surface area contributed by atoms with Gasteiger partial charge in [0.25, 0.3) is 0 Å². The Labute approximate surface area is 141 Å². The number of nitrogens with zero attached hydrogens (tertiary/aromatic N) is 3. The summed E-state index contributed by atoms with van der Waals surface area (Å²) in [5.74, 6) is 1.02. The van der Waals surface area contributed by atoms with Gasteiger partial charge in [-0.1, -0.05) is 13.8 Å². The van der Waals surface area contributed by atoms with E-state index in [0.29, 0.717) is 24.7 Å². The number of carboxylic acid groups (broad SMARTS) is 1. The fourth-order valence-corrected chi connectivity index (χ4v) is 3.62. The number of H-pyrrole nitrogens is 1. The maximum atomic E-state index is 12.5. The van der Waals surface area contributed by atoms with E-state index in [1.807, 2.05) is 4.90 Å². The lowest BCUT2D eigenvalue weighted by Crippen LogP contribution is -2.48. The number of piperidine rings is 1. The number of carbonyl (C=O) groups is 2. The van der Waals surface area contributed by atoms with Crippen molar-refractivity contribution in [3.63, 3.8) is 0 Å². The Morgan fingerprint density at radius 2 is 1.88 bits per heavy atom. The molecule has 2 aliphatic rings. The van der Waals surface area contributed by atoms with E-state index in [0.717, 1.165) is 44.0 Å². The van der Waals surface area contributed by atoms with Crippen molar-refractivity contribution in [2.45, 2.75) is 51.9 Å². The lowest BCUT2D eigenvalue weighted by molar-refractivity contribution is -0.157. The molecule has 132 valence electrons. The number of hydrogen-bond donors (Lipinski definition) is 2. The third kappa shape index (κ3) is 3.44. The van der Waals surface area contributed by atoms with Crippen LogP contribution in [0.25, 0.3) is 0 Å². The van der Waals surface area contributed by atoms with Crippen LogP contribution in [0.2, 0.25) is 0 Å². The molecule has 2 heterocycles. The molecule has 3 rings (SSSR count). The van der Waals surface area contributed by atoms with E-state index < -0.39 is 11.9 Å². The summed E-state index contributed by atoms with van der Waals surface area (Å²) in [7, 11) is 0. The summed E-state index contributed by atoms with van der Waals surface area (Å²) in [6, 6.07) is 0. The Hall–Kier alpha value is -1.92. The van der Waals surface area contributed by atoms with Gasteiger partial charge in [-0.3, -0.25) is 14.7 Å². The van der Waals surface area contributed by atoms with Crippen molar-refractivity contribution in [1.82, 2.24) is 20.1 Å². The van der Waals surface area contributed by atoms with E-state index in [1.165, 1.54) is 0 Å². The molecular weight excluding hydrogens is 308 g/mol. The molecule has 1 aromatic rings. The number of aromatic amines is 1. The molecule has 2 N–H and O–H groups in total. The van der Waals surface area contributed by atoms with Crippen LogP contribution >= 0.6 is 0 Å². The van der Waals surface area contributed by atoms with Crippen molar-refractivity contribution in [2.24, 2.45) is 17.8 Å². The largest absolute Gasteiger partial charge is 0.481 e. The van der Waals surface area contributed by atoms with E-state index in [-0.39, 0.29) is 11.8 Å². The Bertz CT molecular complexity index is 605. The van der Waals surface area contributed by atoms with Crippen LogP contribution in [-0.2, 0) is 16.0 Å². The molecular formula is C17H26N4O3. The fraction of sp³-hybridized carbons (Fsp3) is 0.765. The fourth-order valence-electron chi connectivity index (χ4n) is 3.62. The Morgan fingerprint density at radius 3 is 2.38 bits per heavy atom. The second-order valence-electron chi connectivity index (χ2n) is 7.40. The molecule has 1 saturated carbocycles. The molecule has 1 amide bonds. The van der Waals surface area contributed by atoms with Crippen LogP contribution in [0, 0.1) is 17.8 Å². The van der Waals surface area contributed by atoms with Gasteiger partial charge in [-0.2, -0.15) is 5.10 Å². The third-order valence-electron chi connectivity index (χ3n) is 5.38. The Morgan fingerprint density at radius 1 is 1.21 bits per heavy atom. The van der Waals surface area contributed by atoms with E-state index in [9.17, 15) is 9.59 Å². The van der Waals surface area contributed by atoms with Crippen molar-refractivity contribution in [3.8, 4) is 0 Å². The summed E-state index contributed by atoms with van der Waals surface area (Å²) >= 11 is 0. The molecule has 1 aliphatic heterocycles. The maximum Gasteiger partial charge on any atom is 0.307 e. The average molecular weight is 334 g/mol. The summed E-state index contributed by atoms with van der Waals surface area (Å²) in [4.78, 5) is 30.0. The number of nitrogens with one attached hydrogen (secondary N) is 1. The molecule has 0 radical (unpaired) electrons. The van der Waals surface area contributed by atoms with Gasteiger partial charge in [-0.15, -0.1) is 0 Å². The molecule has 7 nitrogen and oxygen atoms in total. The van der Waals surface area contributed by atoms with E-state index in [1.54, 1.807) is 0 Å². The SMILES string of the molecule is CC(C)c1n[nH]c(CC2CCN(C(=O)[C@@H]3CC[C@@H]3C(=O)O)CC2)n1. The molecule has 7 heteroatoms. The maximum absolute atomic E-state index is 12.5. The van der Waals surface area contributed by atoms with Gasteiger partial charge in [0, 0.05) is 25.4 Å². The molecule has 0 spiro atoms. The van der Waals surface area contributed by atoms with Crippen molar-refractivity contribution < 1.29 is 14.7 Å². The third-order valence-corrected chi connectivity index (χ3v) is 5.38. The summed E-state index contributed by atoms with van der Waals surface area (Å²) in [5, 5.41) is 16.4. The summed E-state index contributed by atoms with van der Waals surface area (Å²) in [6.07, 6.45) is 4.09. The van der Waals surface area contributed by atoms with Crippen molar-refractivity contribution in [3.05, 3.63) is 11.6 Å². The van der Waals surface area contributed by atoms with Crippen LogP contribution in [0.1, 0.15) is 57.1 Å². The number of rotatable bonds is 5. The monoisotopic (exact) mass is 334 g/mol. The van der Waals surface area contributed by atoms with Gasteiger partial charge < -0.3 is 10.0 Å². The van der Waals surface area contributed by atoms with Crippen LogP contribution in [0.5, 0.6) is 0 Å². The molecule has 2 fully saturated rings. The minimum absolute atomic E-state index is 0.0360. The van der Waals surface area contributed by atoms with Gasteiger partial charge in [0.15, 0.2) is 5.82 Å². The van der Waals surface area contributed by atoms with E-state index >= 15 is 0 Å². The van der Waals surface area contributed by atoms with Gasteiger partial charge >= 0.3 is 5.97 Å². The summed E-state index contributed by atoms with van der Waals surface area (Å²) in [6.45, 7) is 5.58. The van der Waals surface area contributed by atoms with Crippen molar-refractivity contribution >= 4 is 11.9 Å². The number of hydrogen-bond acceptors (Lipinski definition) is 4. The zero-order valence-electron chi connectivity index (χ0n) is 14.4. The van der Waals surface area contributed by atoms with Gasteiger partial charge in [-0.05, 0) is 31.6 Å². The van der Waals surface area contributed by atoms with Gasteiger partial charge in [0.05, 0.1) is 11.8 Å². The molecule has 0 aromatic carbocycles. The van der Waals surface area contributed by atoms with Gasteiger partial charge in [0.2, 0.25) is 5.91 Å². The predicted octanol–water partition coefficient (Wildman–Crippen LogP) is 1.82. The second-order valence-corrected chi connectivity index (χ2v) is 7.40. The Kier molecular flexibility index (Phi) is 4.87. The number of aliphatic carboxylic acids is 1. The lowest BCUT2D eigenvalue weighted by atomic mass is 9.72. The smallest absolute Gasteiger partial charge is 0.307 e. The predicted molar refractivity (Wildman–Crippen MR) is 87.3 cm³/mol. The zero-order valence-corrected chi connectivity index (χ0v) is 14.4. The number of amides is 1. The first-order valence-electron chi connectivity index (χ1n) is 8.88. The lowest BCUT2D eigenvalue weighted by Gasteiger charge is -2.39. The molecule has 1 saturated heterocycles. The number of likely N-dealkylation sites (tertiary alicyclic amines) is 1. The minimum Gasteiger partial charge on any atom is -0.481 e. The average Bonchev–Trinajstić information content (AvgIpc) is 2.95. The molecule has 2 atom stereocenters. The second kappa shape index (κ2) is 6.91. The van der Waals surface area contributed by atoms with E-state index in [2.05, 4.69) is 29.0 Å². The number of aromatic nitrogens is 3. The van der Waals surface area contributed by atoms with Crippen molar-refractivity contribution in [1.29, 1.82) is 0 Å². The quantitative estimate of drug-likeness (QED) is 0.855. The topological polar surface area (TPSA) is 99.2 Å². The first kappa shape index (κ1) is 16.9. The normalized spacial score (nSPS) is 24.9. The molecule has 0 unspecified atom stereocenters. The zero-order chi connectivity index (χ0) is 17.3. The highest BCUT2D eigenvalue weighted by Gasteiger charge is 2.43. The highest BCUT2D eigenvalue weighted by atomic mass is 16.4. The minimum atomic E-state index is -0.833. The van der Waals surface area contributed by atoms with Crippen LogP contribution in [0.15, 0.2) is 0 Å². The molecule has 0 bridgehead atoms. The Balaban J connectivity index is 1.48. The summed E-state index contributed by atoms with van der Waals surface area (Å²) < 4.78 is 0. The highest BCUT2D eigenvalue weighted by Crippen LogP contribution is 2.36. The van der Waals surface area contributed by atoms with Gasteiger partial charge in [-0.25, -0.2) is 4.98 Å². The van der Waals surface area contributed by atoms with Gasteiger partial charge in [0.1, 0.15) is 5.82 Å². The van der Waals surface area contributed by atoms with Crippen LogP contribution in [0.3, 0.4) is 0 Å². The first-order chi connectivity index (χ1) is 11.5. The van der Waals surface area contributed by atoms with Crippen molar-refractivity contribution in [2.75, 3.05) is 13.1 Å². The highest BCUT2D eigenvalue weighted by molar-refractivity contribution is 5.86. The standard InChI is InChI=1S/C17H26N4O3/c1-10(2)15-18-14(19-20-15)9-11-5-7-21(8-6-11)16(22)12-3-4-13(12)17(23)24/h10-13H,3-9H2,1-2H3,(H,23,24)(H,18,19,20)/t12-,13+/m1/s1. The summed E-state index contributed by atoms with van der Waals surface area (Å²) in [5.41, 5.74) is 0. The van der Waals surface area contributed by atoms with Crippen LogP contribution < -0.4 is 0 Å². The van der Waals surface area contributed by atoms with Crippen LogP contribution in [0.4, 0.5) is 0 Å². The molecule has 24 heavy (non-hydrogen) atoms. The van der Waals surface area contributed by atoms with Crippen LogP contribution in [-0.4, -0.2) is 50.2 Å². The first-order valence-corrected chi connectivity index (χ1v) is 8.88.